The second-order valence-electron chi connectivity index (χ2n) is 6.74. The highest BCUT2D eigenvalue weighted by Gasteiger charge is 2.48. The highest BCUT2D eigenvalue weighted by atomic mass is 19.1. The molecule has 130 valence electrons. The number of ether oxygens (including phenoxy) is 1. The van der Waals surface area contributed by atoms with Gasteiger partial charge in [-0.25, -0.2) is 4.39 Å². The number of anilines is 1. The summed E-state index contributed by atoms with van der Waals surface area (Å²) < 4.78 is 18.9. The average Bonchev–Trinajstić information content (AvgIpc) is 3.33. The maximum atomic E-state index is 13.6. The summed E-state index contributed by atoms with van der Waals surface area (Å²) in [4.78, 5) is 14.7. The van der Waals surface area contributed by atoms with E-state index in [2.05, 4.69) is 5.32 Å². The van der Waals surface area contributed by atoms with Crippen molar-refractivity contribution in [2.24, 2.45) is 0 Å². The number of benzene rings is 2. The predicted molar refractivity (Wildman–Crippen MR) is 94.2 cm³/mol. The molecule has 1 amide bonds. The molecular weight excluding hydrogens is 319 g/mol. The normalized spacial score (nSPS) is 21.4. The van der Waals surface area contributed by atoms with E-state index in [1.807, 2.05) is 30.3 Å². The van der Waals surface area contributed by atoms with E-state index < -0.39 is 0 Å². The Bertz CT molecular complexity index is 804. The summed E-state index contributed by atoms with van der Waals surface area (Å²) in [5, 5.41) is 3.50. The zero-order valence-electron chi connectivity index (χ0n) is 14.2. The summed E-state index contributed by atoms with van der Waals surface area (Å²) in [6.45, 7) is 0.649. The molecule has 1 aliphatic carbocycles. The lowest BCUT2D eigenvalue weighted by Gasteiger charge is -2.23. The van der Waals surface area contributed by atoms with Gasteiger partial charge in [0.15, 0.2) is 0 Å². The maximum absolute atomic E-state index is 13.6. The smallest absolute Gasteiger partial charge is 0.244 e. The number of rotatable bonds is 5. The molecule has 0 aromatic heterocycles. The molecule has 2 fully saturated rings. The van der Waals surface area contributed by atoms with E-state index in [-0.39, 0.29) is 23.3 Å². The fourth-order valence-corrected chi connectivity index (χ4v) is 3.67. The van der Waals surface area contributed by atoms with Gasteiger partial charge < -0.3 is 9.64 Å². The van der Waals surface area contributed by atoms with Crippen molar-refractivity contribution in [3.8, 4) is 5.75 Å². The SMILES string of the molecule is COc1ccccc1N1CCC(NC2(c3cccc(F)c3)CC2)C1=O. The highest BCUT2D eigenvalue weighted by molar-refractivity contribution is 6.00. The minimum absolute atomic E-state index is 0.0483. The molecule has 1 atom stereocenters. The van der Waals surface area contributed by atoms with Gasteiger partial charge in [-0.2, -0.15) is 0 Å². The number of hydrogen-bond acceptors (Lipinski definition) is 3. The van der Waals surface area contributed by atoms with Crippen LogP contribution in [0.5, 0.6) is 5.75 Å². The Hall–Kier alpha value is -2.40. The van der Waals surface area contributed by atoms with E-state index in [1.165, 1.54) is 6.07 Å². The van der Waals surface area contributed by atoms with Crippen LogP contribution in [0.3, 0.4) is 0 Å². The van der Waals surface area contributed by atoms with E-state index in [4.69, 9.17) is 4.74 Å². The van der Waals surface area contributed by atoms with E-state index in [0.29, 0.717) is 12.3 Å². The lowest BCUT2D eigenvalue weighted by molar-refractivity contribution is -0.119. The monoisotopic (exact) mass is 340 g/mol. The van der Waals surface area contributed by atoms with Crippen LogP contribution >= 0.6 is 0 Å². The second kappa shape index (κ2) is 6.15. The van der Waals surface area contributed by atoms with Crippen molar-refractivity contribution in [3.63, 3.8) is 0 Å². The van der Waals surface area contributed by atoms with Gasteiger partial charge in [0, 0.05) is 12.1 Å². The van der Waals surface area contributed by atoms with Crippen molar-refractivity contribution < 1.29 is 13.9 Å². The number of amides is 1. The molecule has 5 heteroatoms. The first-order chi connectivity index (χ1) is 12.1. The number of para-hydroxylation sites is 2. The quantitative estimate of drug-likeness (QED) is 0.909. The third kappa shape index (κ3) is 2.89. The molecule has 2 aromatic rings. The number of halogens is 1. The molecule has 2 aliphatic rings. The minimum atomic E-state index is -0.265. The van der Waals surface area contributed by atoms with Crippen molar-refractivity contribution in [1.29, 1.82) is 0 Å². The molecule has 4 nitrogen and oxygen atoms in total. The van der Waals surface area contributed by atoms with Gasteiger partial charge in [0.25, 0.3) is 0 Å². The van der Waals surface area contributed by atoms with Crippen LogP contribution in [-0.2, 0) is 10.3 Å². The van der Waals surface area contributed by atoms with E-state index >= 15 is 0 Å². The highest BCUT2D eigenvalue weighted by Crippen LogP contribution is 2.46. The number of carbonyl (C=O) groups excluding carboxylic acids is 1. The van der Waals surface area contributed by atoms with Gasteiger partial charge in [-0.15, -0.1) is 0 Å². The molecule has 4 rings (SSSR count). The average molecular weight is 340 g/mol. The number of nitrogens with one attached hydrogen (secondary N) is 1. The van der Waals surface area contributed by atoms with Crippen LogP contribution in [0.25, 0.3) is 0 Å². The molecule has 0 radical (unpaired) electrons. The Balaban J connectivity index is 1.53. The summed E-state index contributed by atoms with van der Waals surface area (Å²) in [5.41, 5.74) is 1.46. The van der Waals surface area contributed by atoms with Gasteiger partial charge in [0.2, 0.25) is 5.91 Å². The van der Waals surface area contributed by atoms with Gasteiger partial charge in [0.05, 0.1) is 18.8 Å². The Labute approximate surface area is 146 Å². The third-order valence-corrected chi connectivity index (χ3v) is 5.16. The summed E-state index contributed by atoms with van der Waals surface area (Å²) in [6, 6.07) is 14.0. The molecular formula is C20H21FN2O2. The van der Waals surface area contributed by atoms with E-state index in [9.17, 15) is 9.18 Å². The summed E-state index contributed by atoms with van der Waals surface area (Å²) >= 11 is 0. The van der Waals surface area contributed by atoms with Gasteiger partial charge in [0.1, 0.15) is 11.6 Å². The first-order valence-corrected chi connectivity index (χ1v) is 8.61. The van der Waals surface area contributed by atoms with Crippen molar-refractivity contribution >= 4 is 11.6 Å². The molecule has 0 bridgehead atoms. The molecule has 1 aliphatic heterocycles. The zero-order valence-corrected chi connectivity index (χ0v) is 14.2. The zero-order chi connectivity index (χ0) is 17.4. The summed E-state index contributed by atoms with van der Waals surface area (Å²) in [7, 11) is 1.61. The molecule has 0 spiro atoms. The molecule has 1 saturated heterocycles. The molecule has 1 heterocycles. The number of carbonyl (C=O) groups is 1. The van der Waals surface area contributed by atoms with Gasteiger partial charge in [-0.05, 0) is 49.1 Å². The van der Waals surface area contributed by atoms with Crippen LogP contribution in [-0.4, -0.2) is 25.6 Å². The number of nitrogens with zero attached hydrogens (tertiary/aromatic N) is 1. The maximum Gasteiger partial charge on any atom is 0.244 e. The van der Waals surface area contributed by atoms with Crippen molar-refractivity contribution in [3.05, 3.63) is 59.9 Å². The fourth-order valence-electron chi connectivity index (χ4n) is 3.67. The first kappa shape index (κ1) is 16.1. The van der Waals surface area contributed by atoms with Crippen LogP contribution in [0.2, 0.25) is 0 Å². The lowest BCUT2D eigenvalue weighted by atomic mass is 10.0. The standard InChI is InChI=1S/C20H21FN2O2/c1-25-18-8-3-2-7-17(18)23-12-9-16(19(23)24)22-20(10-11-20)14-5-4-6-15(21)13-14/h2-8,13,16,22H,9-12H2,1H3. The fraction of sp³-hybridized carbons (Fsp3) is 0.350. The van der Waals surface area contributed by atoms with Gasteiger partial charge in [-0.3, -0.25) is 10.1 Å². The molecule has 1 unspecified atom stereocenters. The van der Waals surface area contributed by atoms with E-state index in [1.54, 1.807) is 24.1 Å². The molecule has 2 aromatic carbocycles. The summed E-state index contributed by atoms with van der Waals surface area (Å²) in [6.07, 6.45) is 2.58. The Morgan fingerprint density at radius 1 is 1.20 bits per heavy atom. The van der Waals surface area contributed by atoms with Crippen LogP contribution in [0.4, 0.5) is 10.1 Å². The van der Waals surface area contributed by atoms with Crippen LogP contribution < -0.4 is 15.0 Å². The molecule has 1 saturated carbocycles. The largest absolute Gasteiger partial charge is 0.495 e. The molecule has 25 heavy (non-hydrogen) atoms. The van der Waals surface area contributed by atoms with Crippen molar-refractivity contribution in [2.75, 3.05) is 18.6 Å². The van der Waals surface area contributed by atoms with Crippen molar-refractivity contribution in [2.45, 2.75) is 30.8 Å². The second-order valence-corrected chi connectivity index (χ2v) is 6.74. The lowest BCUT2D eigenvalue weighted by Crippen LogP contribution is -2.44. The Morgan fingerprint density at radius 2 is 2.00 bits per heavy atom. The Morgan fingerprint density at radius 3 is 2.72 bits per heavy atom. The van der Waals surface area contributed by atoms with E-state index in [0.717, 1.165) is 30.5 Å². The third-order valence-electron chi connectivity index (χ3n) is 5.16. The topological polar surface area (TPSA) is 41.6 Å². The van der Waals surface area contributed by atoms with Crippen LogP contribution in [0.1, 0.15) is 24.8 Å². The predicted octanol–water partition coefficient (Wildman–Crippen LogP) is 3.22. The Kier molecular flexibility index (Phi) is 3.96. The van der Waals surface area contributed by atoms with Gasteiger partial charge >= 0.3 is 0 Å². The number of hydrogen-bond donors (Lipinski definition) is 1. The van der Waals surface area contributed by atoms with Crippen LogP contribution in [0, 0.1) is 5.82 Å². The minimum Gasteiger partial charge on any atom is -0.495 e. The summed E-state index contributed by atoms with van der Waals surface area (Å²) in [5.74, 6) is 0.508. The van der Waals surface area contributed by atoms with Gasteiger partial charge in [-0.1, -0.05) is 24.3 Å². The van der Waals surface area contributed by atoms with Crippen molar-refractivity contribution in [1.82, 2.24) is 5.32 Å². The first-order valence-electron chi connectivity index (χ1n) is 8.61. The van der Waals surface area contributed by atoms with Crippen LogP contribution in [0.15, 0.2) is 48.5 Å². The number of methoxy groups -OCH3 is 1. The molecule has 1 N–H and O–H groups in total.